The van der Waals surface area contributed by atoms with Crippen molar-refractivity contribution in [2.75, 3.05) is 13.1 Å². The van der Waals surface area contributed by atoms with E-state index < -0.39 is 0 Å². The van der Waals surface area contributed by atoms with Gasteiger partial charge in [0, 0.05) is 17.4 Å². The van der Waals surface area contributed by atoms with Crippen LogP contribution in [-0.4, -0.2) is 23.8 Å². The highest BCUT2D eigenvalue weighted by atomic mass is 16.7. The van der Waals surface area contributed by atoms with Crippen LogP contribution in [0.2, 0.25) is 0 Å². The summed E-state index contributed by atoms with van der Waals surface area (Å²) < 4.78 is 1.24. The molecule has 1 saturated heterocycles. The van der Waals surface area contributed by atoms with E-state index in [2.05, 4.69) is 12.2 Å². The number of carbonyl (C=O) groups excluding carboxylic acids is 1. The van der Waals surface area contributed by atoms with Crippen LogP contribution < -0.4 is 15.7 Å². The standard InChI is InChI=1S/C26H38N2O3.C2H6/c1-2-3-4-5-6-7-8-9-10-15-25(29)31-28-24-14-12-11-13-22(24)20-23(26(28)30)21-16-18-27-19-17-21;1-2/h11-14,20-21,27H,2-10,15-19H2,1H3;1-2H3. The van der Waals surface area contributed by atoms with Gasteiger partial charge in [0.15, 0.2) is 0 Å². The Morgan fingerprint density at radius 1 is 0.970 bits per heavy atom. The molecular weight excluding hydrogens is 412 g/mol. The molecule has 0 amide bonds. The summed E-state index contributed by atoms with van der Waals surface area (Å²) in [5.74, 6) is -0.113. The van der Waals surface area contributed by atoms with Crippen molar-refractivity contribution in [1.29, 1.82) is 0 Å². The SMILES string of the molecule is CC.CCCCCCCCCCCC(=O)On1c(=O)c(C2CCNCC2)cc2ccccc21. The van der Waals surface area contributed by atoms with Crippen LogP contribution in [0.3, 0.4) is 0 Å². The number of pyridine rings is 1. The van der Waals surface area contributed by atoms with E-state index in [1.807, 2.05) is 44.2 Å². The number of nitrogens with one attached hydrogen (secondary N) is 1. The Kier molecular flexibility index (Phi) is 12.9. The molecule has 3 rings (SSSR count). The van der Waals surface area contributed by atoms with Crippen molar-refractivity contribution in [1.82, 2.24) is 10.0 Å². The van der Waals surface area contributed by atoms with Crippen LogP contribution in [0.25, 0.3) is 10.9 Å². The van der Waals surface area contributed by atoms with Gasteiger partial charge < -0.3 is 10.2 Å². The molecule has 0 bridgehead atoms. The lowest BCUT2D eigenvalue weighted by molar-refractivity contribution is -0.144. The molecule has 0 saturated carbocycles. The molecule has 1 N–H and O–H groups in total. The Balaban J connectivity index is 0.00000187. The first-order chi connectivity index (χ1) is 16.2. The maximum atomic E-state index is 13.2. The summed E-state index contributed by atoms with van der Waals surface area (Å²) in [4.78, 5) is 31.3. The first-order valence-corrected chi connectivity index (χ1v) is 13.3. The van der Waals surface area contributed by atoms with E-state index in [-0.39, 0.29) is 17.4 Å². The van der Waals surface area contributed by atoms with Crippen molar-refractivity contribution in [2.24, 2.45) is 0 Å². The number of hydrogen-bond acceptors (Lipinski definition) is 4. The molecule has 5 heteroatoms. The van der Waals surface area contributed by atoms with Crippen LogP contribution >= 0.6 is 0 Å². The zero-order valence-corrected chi connectivity index (χ0v) is 21.0. The van der Waals surface area contributed by atoms with Gasteiger partial charge in [0.2, 0.25) is 0 Å². The third-order valence-corrected chi connectivity index (χ3v) is 6.35. The molecule has 1 aliphatic heterocycles. The quantitative estimate of drug-likeness (QED) is 0.377. The highest BCUT2D eigenvalue weighted by Crippen LogP contribution is 2.25. The predicted octanol–water partition coefficient (Wildman–Crippen LogP) is 6.37. The zero-order valence-electron chi connectivity index (χ0n) is 21.0. The van der Waals surface area contributed by atoms with E-state index in [1.54, 1.807) is 0 Å². The Hall–Kier alpha value is -2.14. The van der Waals surface area contributed by atoms with Crippen LogP contribution in [0.4, 0.5) is 0 Å². The smallest absolute Gasteiger partial charge is 0.333 e. The lowest BCUT2D eigenvalue weighted by Gasteiger charge is -2.23. The van der Waals surface area contributed by atoms with Gasteiger partial charge in [-0.25, -0.2) is 4.79 Å². The van der Waals surface area contributed by atoms with Gasteiger partial charge in [-0.1, -0.05) is 90.3 Å². The highest BCUT2D eigenvalue weighted by molar-refractivity contribution is 5.80. The topological polar surface area (TPSA) is 60.3 Å². The summed E-state index contributed by atoms with van der Waals surface area (Å²) in [6.45, 7) is 8.06. The molecule has 2 aromatic rings. The van der Waals surface area contributed by atoms with Gasteiger partial charge in [0.1, 0.15) is 0 Å². The number of nitrogens with zero attached hydrogens (tertiary/aromatic N) is 1. The van der Waals surface area contributed by atoms with E-state index in [0.29, 0.717) is 11.9 Å². The normalized spacial score (nSPS) is 14.0. The molecule has 1 aromatic heterocycles. The molecule has 0 spiro atoms. The number of unbranched alkanes of at least 4 members (excludes halogenated alkanes) is 8. The maximum Gasteiger partial charge on any atom is 0.333 e. The van der Waals surface area contributed by atoms with Crippen molar-refractivity contribution in [2.45, 2.75) is 104 Å². The second-order valence-corrected chi connectivity index (χ2v) is 8.82. The number of aromatic nitrogens is 1. The van der Waals surface area contributed by atoms with Gasteiger partial charge in [0.25, 0.3) is 5.56 Å². The first-order valence-electron chi connectivity index (χ1n) is 13.3. The molecule has 5 nitrogen and oxygen atoms in total. The third kappa shape index (κ3) is 8.62. The zero-order chi connectivity index (χ0) is 23.9. The van der Waals surface area contributed by atoms with Crippen molar-refractivity contribution in [3.8, 4) is 0 Å². The third-order valence-electron chi connectivity index (χ3n) is 6.35. The van der Waals surface area contributed by atoms with Gasteiger partial charge in [-0.15, -0.1) is 4.73 Å². The van der Waals surface area contributed by atoms with Crippen LogP contribution in [0, 0.1) is 0 Å². The number of piperidine rings is 1. The van der Waals surface area contributed by atoms with Crippen LogP contribution in [0.5, 0.6) is 0 Å². The lowest BCUT2D eigenvalue weighted by atomic mass is 9.90. The molecule has 33 heavy (non-hydrogen) atoms. The fraction of sp³-hybridized carbons (Fsp3) is 0.643. The molecule has 0 unspecified atom stereocenters. The molecule has 0 aliphatic carbocycles. The van der Waals surface area contributed by atoms with Gasteiger partial charge in [0.05, 0.1) is 5.52 Å². The van der Waals surface area contributed by atoms with Gasteiger partial charge in [-0.05, 0) is 50.4 Å². The fourth-order valence-electron chi connectivity index (χ4n) is 4.49. The van der Waals surface area contributed by atoms with Gasteiger partial charge >= 0.3 is 5.97 Å². The minimum absolute atomic E-state index is 0.189. The summed E-state index contributed by atoms with van der Waals surface area (Å²) in [6, 6.07) is 9.63. The van der Waals surface area contributed by atoms with Crippen molar-refractivity contribution in [3.05, 3.63) is 46.2 Å². The Labute approximate surface area is 199 Å². The Morgan fingerprint density at radius 2 is 1.58 bits per heavy atom. The summed E-state index contributed by atoms with van der Waals surface area (Å²) in [7, 11) is 0. The predicted molar refractivity (Wildman–Crippen MR) is 138 cm³/mol. The molecule has 0 atom stereocenters. The average molecular weight is 457 g/mol. The lowest BCUT2D eigenvalue weighted by Crippen LogP contribution is -2.36. The molecule has 2 heterocycles. The Bertz CT molecular complexity index is 884. The highest BCUT2D eigenvalue weighted by Gasteiger charge is 2.22. The number of fused-ring (bicyclic) bond motifs is 1. The van der Waals surface area contributed by atoms with Crippen LogP contribution in [-0.2, 0) is 4.79 Å². The summed E-state index contributed by atoms with van der Waals surface area (Å²) in [5.41, 5.74) is 1.23. The van der Waals surface area contributed by atoms with Gasteiger partial charge in [-0.3, -0.25) is 4.79 Å². The van der Waals surface area contributed by atoms with E-state index in [1.165, 1.54) is 43.3 Å². The number of carbonyl (C=O) groups is 1. The molecule has 184 valence electrons. The monoisotopic (exact) mass is 456 g/mol. The number of hydrogen-bond donors (Lipinski definition) is 1. The number of para-hydroxylation sites is 1. The molecule has 1 fully saturated rings. The first kappa shape index (κ1) is 27.1. The number of benzene rings is 1. The van der Waals surface area contributed by atoms with Crippen LogP contribution in [0.1, 0.15) is 109 Å². The summed E-state index contributed by atoms with van der Waals surface area (Å²) in [5, 5.41) is 4.28. The Morgan fingerprint density at radius 3 is 2.24 bits per heavy atom. The minimum Gasteiger partial charge on any atom is -0.333 e. The van der Waals surface area contributed by atoms with E-state index in [0.717, 1.165) is 56.1 Å². The van der Waals surface area contributed by atoms with Crippen molar-refractivity contribution >= 4 is 16.9 Å². The summed E-state index contributed by atoms with van der Waals surface area (Å²) in [6.07, 6.45) is 13.0. The molecule has 1 aromatic carbocycles. The largest absolute Gasteiger partial charge is 0.333 e. The molecule has 1 aliphatic rings. The molecule has 0 radical (unpaired) electrons. The van der Waals surface area contributed by atoms with Gasteiger partial charge in [-0.2, -0.15) is 0 Å². The van der Waals surface area contributed by atoms with E-state index in [4.69, 9.17) is 4.84 Å². The van der Waals surface area contributed by atoms with Crippen molar-refractivity contribution < 1.29 is 9.63 Å². The van der Waals surface area contributed by atoms with E-state index in [9.17, 15) is 9.59 Å². The second kappa shape index (κ2) is 15.7. The minimum atomic E-state index is -0.322. The van der Waals surface area contributed by atoms with Crippen LogP contribution in [0.15, 0.2) is 35.1 Å². The second-order valence-electron chi connectivity index (χ2n) is 8.82. The maximum absolute atomic E-state index is 13.2. The molecular formula is C28H44N2O3. The average Bonchev–Trinajstić information content (AvgIpc) is 2.86. The van der Waals surface area contributed by atoms with E-state index >= 15 is 0 Å². The fourth-order valence-corrected chi connectivity index (χ4v) is 4.49. The van der Waals surface area contributed by atoms with Crippen molar-refractivity contribution in [3.63, 3.8) is 0 Å². The summed E-state index contributed by atoms with van der Waals surface area (Å²) >= 11 is 0. The number of rotatable bonds is 12.